The van der Waals surface area contributed by atoms with E-state index in [0.29, 0.717) is 11.3 Å². The molecule has 0 amide bonds. The molecule has 1 aromatic carbocycles. The van der Waals surface area contributed by atoms with Crippen molar-refractivity contribution in [3.8, 4) is 0 Å². The van der Waals surface area contributed by atoms with Crippen LogP contribution in [0.25, 0.3) is 5.70 Å². The van der Waals surface area contributed by atoms with Crippen molar-refractivity contribution in [2.75, 3.05) is 12.3 Å². The van der Waals surface area contributed by atoms with Gasteiger partial charge in [0.15, 0.2) is 0 Å². The van der Waals surface area contributed by atoms with E-state index in [2.05, 4.69) is 51.2 Å². The highest BCUT2D eigenvalue weighted by molar-refractivity contribution is 7.15. The van der Waals surface area contributed by atoms with E-state index in [1.165, 1.54) is 35.4 Å². The van der Waals surface area contributed by atoms with Gasteiger partial charge in [-0.1, -0.05) is 54.5 Å². The fourth-order valence-electron chi connectivity index (χ4n) is 2.76. The van der Waals surface area contributed by atoms with E-state index >= 15 is 0 Å². The maximum absolute atomic E-state index is 5.59. The Labute approximate surface area is 141 Å². The molecule has 2 aromatic rings. The monoisotopic (exact) mass is 329 g/mol. The average Bonchev–Trinajstić information content (AvgIpc) is 3.01. The molecule has 1 unspecified atom stereocenters. The molecule has 1 aliphatic heterocycles. The third kappa shape index (κ3) is 4.77. The van der Waals surface area contributed by atoms with E-state index in [0.717, 1.165) is 30.8 Å². The maximum atomic E-state index is 5.59. The van der Waals surface area contributed by atoms with Gasteiger partial charge in [0.2, 0.25) is 5.13 Å². The quantitative estimate of drug-likeness (QED) is 0.681. The Kier molecular flexibility index (Phi) is 5.60. The number of hydrogen-bond acceptors (Lipinski definition) is 6. The van der Waals surface area contributed by atoms with Crippen molar-refractivity contribution in [1.82, 2.24) is 20.8 Å². The zero-order valence-electron chi connectivity index (χ0n) is 13.2. The molecule has 4 N–H and O–H groups in total. The van der Waals surface area contributed by atoms with Gasteiger partial charge in [-0.25, -0.2) is 0 Å². The van der Waals surface area contributed by atoms with E-state index in [-0.39, 0.29) is 0 Å². The lowest BCUT2D eigenvalue weighted by Gasteiger charge is -2.27. The van der Waals surface area contributed by atoms with Crippen LogP contribution in [-0.2, 0) is 6.42 Å². The SMILES string of the molecule is Nc1nnc(CCCCCC2NCC=C(c3ccccc3)N2)s1. The Hall–Kier alpha value is -1.92. The summed E-state index contributed by atoms with van der Waals surface area (Å²) in [6.45, 7) is 0.923. The maximum Gasteiger partial charge on any atom is 0.203 e. The molecular formula is C17H23N5S. The largest absolute Gasteiger partial charge is 0.374 e. The first-order valence-corrected chi connectivity index (χ1v) is 8.96. The van der Waals surface area contributed by atoms with Crippen molar-refractivity contribution < 1.29 is 0 Å². The number of nitrogen functional groups attached to an aromatic ring is 1. The van der Waals surface area contributed by atoms with Crippen LogP contribution in [0.2, 0.25) is 0 Å². The van der Waals surface area contributed by atoms with E-state index < -0.39 is 0 Å². The highest BCUT2D eigenvalue weighted by Gasteiger charge is 2.13. The summed E-state index contributed by atoms with van der Waals surface area (Å²) in [5.74, 6) is 0. The zero-order chi connectivity index (χ0) is 15.9. The van der Waals surface area contributed by atoms with Crippen LogP contribution in [0.4, 0.5) is 5.13 Å². The highest BCUT2D eigenvalue weighted by atomic mass is 32.1. The molecular weight excluding hydrogens is 306 g/mol. The summed E-state index contributed by atoms with van der Waals surface area (Å²) in [5, 5.41) is 16.6. The van der Waals surface area contributed by atoms with Gasteiger partial charge >= 0.3 is 0 Å². The summed E-state index contributed by atoms with van der Waals surface area (Å²) in [6, 6.07) is 10.5. The number of aryl methyl sites for hydroxylation is 1. The van der Waals surface area contributed by atoms with Gasteiger partial charge in [-0.15, -0.1) is 10.2 Å². The van der Waals surface area contributed by atoms with Gasteiger partial charge in [0, 0.05) is 18.7 Å². The molecule has 122 valence electrons. The standard InChI is InChI=1S/C17H23N5S/c18-17-22-21-16(23-17)10-6-2-5-9-15-19-12-11-14(20-15)13-7-3-1-4-8-13/h1,3-4,7-8,11,15,19-20H,2,5-6,9-10,12H2,(H2,18,22). The second-order valence-corrected chi connectivity index (χ2v) is 6.82. The summed E-state index contributed by atoms with van der Waals surface area (Å²) < 4.78 is 0. The van der Waals surface area contributed by atoms with Crippen molar-refractivity contribution in [3.63, 3.8) is 0 Å². The predicted octanol–water partition coefficient (Wildman–Crippen LogP) is 2.78. The number of nitrogens with zero attached hydrogens (tertiary/aromatic N) is 2. The number of aromatic nitrogens is 2. The molecule has 0 bridgehead atoms. The average molecular weight is 329 g/mol. The smallest absolute Gasteiger partial charge is 0.203 e. The minimum absolute atomic E-state index is 0.354. The number of unbranched alkanes of at least 4 members (excludes halogenated alkanes) is 2. The molecule has 0 fully saturated rings. The molecule has 0 spiro atoms. The van der Waals surface area contributed by atoms with Crippen LogP contribution in [0.3, 0.4) is 0 Å². The molecule has 0 saturated heterocycles. The summed E-state index contributed by atoms with van der Waals surface area (Å²) in [6.07, 6.45) is 8.21. The van der Waals surface area contributed by atoms with Crippen LogP contribution in [0, 0.1) is 0 Å². The van der Waals surface area contributed by atoms with Crippen LogP contribution >= 0.6 is 11.3 Å². The van der Waals surface area contributed by atoms with Crippen LogP contribution in [0.15, 0.2) is 36.4 Å². The lowest BCUT2D eigenvalue weighted by Crippen LogP contribution is -2.44. The Morgan fingerprint density at radius 3 is 2.78 bits per heavy atom. The van der Waals surface area contributed by atoms with Crippen molar-refractivity contribution >= 4 is 22.2 Å². The van der Waals surface area contributed by atoms with Gasteiger partial charge in [0.25, 0.3) is 0 Å². The van der Waals surface area contributed by atoms with Gasteiger partial charge in [-0.3, -0.25) is 5.32 Å². The highest BCUT2D eigenvalue weighted by Crippen LogP contribution is 2.17. The lowest BCUT2D eigenvalue weighted by molar-refractivity contribution is 0.434. The molecule has 1 aromatic heterocycles. The van der Waals surface area contributed by atoms with Gasteiger partial charge in [0.1, 0.15) is 5.01 Å². The van der Waals surface area contributed by atoms with Crippen molar-refractivity contribution in [1.29, 1.82) is 0 Å². The summed E-state index contributed by atoms with van der Waals surface area (Å²) in [7, 11) is 0. The molecule has 1 aliphatic rings. The molecule has 2 heterocycles. The van der Waals surface area contributed by atoms with Crippen molar-refractivity contribution in [2.24, 2.45) is 0 Å². The first kappa shape index (κ1) is 16.0. The zero-order valence-corrected chi connectivity index (χ0v) is 14.0. The topological polar surface area (TPSA) is 75.9 Å². The number of anilines is 1. The number of nitrogens with one attached hydrogen (secondary N) is 2. The summed E-state index contributed by atoms with van der Waals surface area (Å²) >= 11 is 1.50. The molecule has 0 radical (unpaired) electrons. The summed E-state index contributed by atoms with van der Waals surface area (Å²) in [4.78, 5) is 0. The second-order valence-electron chi connectivity index (χ2n) is 5.72. The Morgan fingerprint density at radius 1 is 1.13 bits per heavy atom. The van der Waals surface area contributed by atoms with E-state index in [1.807, 2.05) is 6.07 Å². The number of hydrogen-bond donors (Lipinski definition) is 3. The minimum atomic E-state index is 0.354. The molecule has 5 nitrogen and oxygen atoms in total. The minimum Gasteiger partial charge on any atom is -0.374 e. The fourth-order valence-corrected chi connectivity index (χ4v) is 3.41. The first-order chi connectivity index (χ1) is 11.3. The van der Waals surface area contributed by atoms with Gasteiger partial charge in [-0.05, 0) is 24.5 Å². The second kappa shape index (κ2) is 8.08. The normalized spacial score (nSPS) is 17.6. The van der Waals surface area contributed by atoms with Gasteiger partial charge < -0.3 is 11.1 Å². The van der Waals surface area contributed by atoms with Crippen LogP contribution in [0.5, 0.6) is 0 Å². The number of rotatable bonds is 7. The number of benzene rings is 1. The molecule has 6 heteroatoms. The first-order valence-electron chi connectivity index (χ1n) is 8.14. The van der Waals surface area contributed by atoms with Crippen LogP contribution in [-0.4, -0.2) is 22.9 Å². The molecule has 0 saturated carbocycles. The van der Waals surface area contributed by atoms with E-state index in [9.17, 15) is 0 Å². The van der Waals surface area contributed by atoms with E-state index in [4.69, 9.17) is 5.73 Å². The fraction of sp³-hybridized carbons (Fsp3) is 0.412. The Balaban J connectivity index is 1.37. The third-order valence-corrected chi connectivity index (χ3v) is 4.76. The Morgan fingerprint density at radius 2 is 2.00 bits per heavy atom. The van der Waals surface area contributed by atoms with Gasteiger partial charge in [0.05, 0.1) is 6.17 Å². The molecule has 3 rings (SSSR count). The molecule has 1 atom stereocenters. The van der Waals surface area contributed by atoms with E-state index in [1.54, 1.807) is 0 Å². The van der Waals surface area contributed by atoms with Crippen molar-refractivity contribution in [2.45, 2.75) is 38.3 Å². The van der Waals surface area contributed by atoms with Crippen LogP contribution < -0.4 is 16.4 Å². The lowest BCUT2D eigenvalue weighted by atomic mass is 10.1. The predicted molar refractivity (Wildman–Crippen MR) is 95.8 cm³/mol. The molecule has 0 aliphatic carbocycles. The molecule has 23 heavy (non-hydrogen) atoms. The number of nitrogens with two attached hydrogens (primary N) is 1. The summed E-state index contributed by atoms with van der Waals surface area (Å²) in [5.41, 5.74) is 8.08. The Bertz CT molecular complexity index is 637. The van der Waals surface area contributed by atoms with Gasteiger partial charge in [-0.2, -0.15) is 0 Å². The third-order valence-electron chi connectivity index (χ3n) is 3.95. The van der Waals surface area contributed by atoms with Crippen molar-refractivity contribution in [3.05, 3.63) is 47.0 Å². The van der Waals surface area contributed by atoms with Crippen LogP contribution in [0.1, 0.15) is 36.3 Å².